The summed E-state index contributed by atoms with van der Waals surface area (Å²) in [4.78, 5) is 12.3. The molecule has 2 fully saturated rings. The Kier molecular flexibility index (Phi) is 4.02. The molecule has 1 unspecified atom stereocenters. The maximum atomic E-state index is 12.3. The number of carbonyl (C=O) groups is 1. The number of aromatic nitrogens is 4. The van der Waals surface area contributed by atoms with Crippen molar-refractivity contribution in [2.45, 2.75) is 44.6 Å². The molecule has 24 heavy (non-hydrogen) atoms. The smallest absolute Gasteiger partial charge is 0.226 e. The molecule has 126 valence electrons. The summed E-state index contributed by atoms with van der Waals surface area (Å²) in [6, 6.07) is 7.43. The summed E-state index contributed by atoms with van der Waals surface area (Å²) in [5, 5.41) is 16.8. The molecule has 2 aromatic rings. The van der Waals surface area contributed by atoms with Gasteiger partial charge >= 0.3 is 0 Å². The quantitative estimate of drug-likeness (QED) is 0.900. The van der Waals surface area contributed by atoms with E-state index in [0.717, 1.165) is 24.3 Å². The van der Waals surface area contributed by atoms with Gasteiger partial charge in [0, 0.05) is 11.3 Å². The first kappa shape index (κ1) is 15.3. The topological polar surface area (TPSA) is 92.8 Å². The minimum Gasteiger partial charge on any atom is -0.377 e. The van der Waals surface area contributed by atoms with Gasteiger partial charge in [-0.05, 0) is 48.4 Å². The van der Waals surface area contributed by atoms with Crippen LogP contribution in [0.4, 0.5) is 5.69 Å². The Labute approximate surface area is 140 Å². The number of tetrazole rings is 1. The summed E-state index contributed by atoms with van der Waals surface area (Å²) in [5.74, 6) is 0.488. The van der Waals surface area contributed by atoms with Crippen molar-refractivity contribution >= 4 is 11.6 Å². The number of hydrogen-bond donors (Lipinski definition) is 2. The molecule has 1 aliphatic carbocycles. The van der Waals surface area contributed by atoms with Crippen LogP contribution in [-0.4, -0.2) is 39.2 Å². The van der Waals surface area contributed by atoms with Gasteiger partial charge in [-0.1, -0.05) is 18.6 Å². The number of H-pyrrole nitrogens is 1. The van der Waals surface area contributed by atoms with Crippen molar-refractivity contribution < 1.29 is 9.53 Å². The molecule has 1 spiro atoms. The first-order chi connectivity index (χ1) is 11.7. The number of ether oxygens (including phenoxy) is 1. The summed E-state index contributed by atoms with van der Waals surface area (Å²) in [6.45, 7) is 0.818. The fourth-order valence-corrected chi connectivity index (χ4v) is 3.59. The van der Waals surface area contributed by atoms with Crippen LogP contribution in [-0.2, 0) is 9.53 Å². The number of carbonyl (C=O) groups excluding carboxylic acids is 1. The fraction of sp³-hybridized carbons (Fsp3) is 0.529. The van der Waals surface area contributed by atoms with Gasteiger partial charge in [-0.15, -0.1) is 10.2 Å². The second-order valence-corrected chi connectivity index (χ2v) is 6.89. The number of rotatable bonds is 4. The average molecular weight is 327 g/mol. The molecule has 1 aromatic carbocycles. The number of hydrogen-bond acceptors (Lipinski definition) is 5. The van der Waals surface area contributed by atoms with Crippen LogP contribution in [0.5, 0.6) is 0 Å². The summed E-state index contributed by atoms with van der Waals surface area (Å²) in [6.07, 6.45) is 6.52. The Morgan fingerprint density at radius 3 is 2.96 bits per heavy atom. The van der Waals surface area contributed by atoms with E-state index in [1.165, 1.54) is 25.7 Å². The molecule has 1 saturated carbocycles. The molecule has 0 bridgehead atoms. The van der Waals surface area contributed by atoms with Crippen molar-refractivity contribution in [1.82, 2.24) is 20.6 Å². The Balaban J connectivity index is 1.32. The standard InChI is InChI=1S/C17H21N5O2/c23-15(10-14-5-8-17(11-24-14)6-2-7-17)18-13-4-1-3-12(9-13)16-19-21-22-20-16/h1,3-4,9,14H,2,5-8,10-11H2,(H,18,23)(H,19,20,21,22). The van der Waals surface area contributed by atoms with E-state index in [4.69, 9.17) is 4.74 Å². The fourth-order valence-electron chi connectivity index (χ4n) is 3.59. The van der Waals surface area contributed by atoms with Crippen LogP contribution in [0.1, 0.15) is 38.5 Å². The van der Waals surface area contributed by atoms with Gasteiger partial charge in [0.15, 0.2) is 0 Å². The Morgan fingerprint density at radius 1 is 1.38 bits per heavy atom. The number of nitrogens with one attached hydrogen (secondary N) is 2. The second kappa shape index (κ2) is 6.32. The highest BCUT2D eigenvalue weighted by atomic mass is 16.5. The molecule has 0 radical (unpaired) electrons. The van der Waals surface area contributed by atoms with E-state index in [0.29, 0.717) is 17.7 Å². The molecule has 7 nitrogen and oxygen atoms in total. The minimum atomic E-state index is -0.0187. The van der Waals surface area contributed by atoms with E-state index in [1.807, 2.05) is 24.3 Å². The van der Waals surface area contributed by atoms with Crippen LogP contribution >= 0.6 is 0 Å². The van der Waals surface area contributed by atoms with Gasteiger partial charge in [0.25, 0.3) is 0 Å². The highest BCUT2D eigenvalue weighted by molar-refractivity contribution is 5.91. The zero-order chi connectivity index (χ0) is 16.4. The minimum absolute atomic E-state index is 0.0187. The number of amides is 1. The zero-order valence-electron chi connectivity index (χ0n) is 13.5. The van der Waals surface area contributed by atoms with Crippen molar-refractivity contribution in [3.63, 3.8) is 0 Å². The molecule has 1 aromatic heterocycles. The predicted octanol–water partition coefficient (Wildman–Crippen LogP) is 2.54. The third kappa shape index (κ3) is 3.17. The highest BCUT2D eigenvalue weighted by Crippen LogP contribution is 2.48. The number of anilines is 1. The summed E-state index contributed by atoms with van der Waals surface area (Å²) < 4.78 is 5.93. The van der Waals surface area contributed by atoms with Crippen molar-refractivity contribution in [2.75, 3.05) is 11.9 Å². The van der Waals surface area contributed by atoms with Gasteiger partial charge in [0.1, 0.15) is 0 Å². The molecule has 4 rings (SSSR count). The summed E-state index contributed by atoms with van der Waals surface area (Å²) >= 11 is 0. The third-order valence-corrected chi connectivity index (χ3v) is 5.20. The van der Waals surface area contributed by atoms with Crippen LogP contribution in [0.2, 0.25) is 0 Å². The molecule has 2 aliphatic rings. The first-order valence-corrected chi connectivity index (χ1v) is 8.48. The highest BCUT2D eigenvalue weighted by Gasteiger charge is 2.41. The Bertz CT molecular complexity index is 702. The third-order valence-electron chi connectivity index (χ3n) is 5.20. The predicted molar refractivity (Wildman–Crippen MR) is 88.1 cm³/mol. The molecule has 2 N–H and O–H groups in total. The second-order valence-electron chi connectivity index (χ2n) is 6.89. The number of benzene rings is 1. The van der Waals surface area contributed by atoms with Gasteiger partial charge in [0.2, 0.25) is 11.7 Å². The van der Waals surface area contributed by atoms with Gasteiger partial charge < -0.3 is 10.1 Å². The molecular formula is C17H21N5O2. The van der Waals surface area contributed by atoms with Crippen LogP contribution < -0.4 is 5.32 Å². The van der Waals surface area contributed by atoms with Crippen LogP contribution in [0.3, 0.4) is 0 Å². The molecule has 1 amide bonds. The number of aromatic amines is 1. The van der Waals surface area contributed by atoms with Crippen molar-refractivity contribution in [3.8, 4) is 11.4 Å². The van der Waals surface area contributed by atoms with E-state index < -0.39 is 0 Å². The van der Waals surface area contributed by atoms with Crippen LogP contribution in [0.25, 0.3) is 11.4 Å². The molecule has 2 heterocycles. The van der Waals surface area contributed by atoms with E-state index in [-0.39, 0.29) is 12.0 Å². The van der Waals surface area contributed by atoms with Crippen LogP contribution in [0.15, 0.2) is 24.3 Å². The summed E-state index contributed by atoms with van der Waals surface area (Å²) in [5.41, 5.74) is 1.97. The Hall–Kier alpha value is -2.28. The maximum absolute atomic E-state index is 12.3. The lowest BCUT2D eigenvalue weighted by Gasteiger charge is -2.46. The number of nitrogens with zero attached hydrogens (tertiary/aromatic N) is 3. The van der Waals surface area contributed by atoms with Gasteiger partial charge in [0.05, 0.1) is 19.1 Å². The van der Waals surface area contributed by atoms with E-state index in [2.05, 4.69) is 25.9 Å². The van der Waals surface area contributed by atoms with Crippen molar-refractivity contribution in [3.05, 3.63) is 24.3 Å². The van der Waals surface area contributed by atoms with E-state index >= 15 is 0 Å². The molecular weight excluding hydrogens is 306 g/mol. The monoisotopic (exact) mass is 327 g/mol. The van der Waals surface area contributed by atoms with E-state index in [1.54, 1.807) is 0 Å². The summed E-state index contributed by atoms with van der Waals surface area (Å²) in [7, 11) is 0. The lowest BCUT2D eigenvalue weighted by Crippen LogP contribution is -2.41. The molecule has 1 atom stereocenters. The lowest BCUT2D eigenvalue weighted by molar-refractivity contribution is -0.127. The lowest BCUT2D eigenvalue weighted by atomic mass is 9.65. The van der Waals surface area contributed by atoms with Crippen LogP contribution in [0, 0.1) is 5.41 Å². The zero-order valence-corrected chi connectivity index (χ0v) is 13.5. The van der Waals surface area contributed by atoms with Gasteiger partial charge in [-0.2, -0.15) is 5.21 Å². The molecule has 7 heteroatoms. The SMILES string of the molecule is O=C(CC1CCC2(CCC2)CO1)Nc1cccc(-c2nn[nH]n2)c1. The normalized spacial score (nSPS) is 22.1. The van der Waals surface area contributed by atoms with Crippen molar-refractivity contribution in [1.29, 1.82) is 0 Å². The van der Waals surface area contributed by atoms with Gasteiger partial charge in [-0.25, -0.2) is 0 Å². The van der Waals surface area contributed by atoms with Gasteiger partial charge in [-0.3, -0.25) is 4.79 Å². The Morgan fingerprint density at radius 2 is 2.29 bits per heavy atom. The maximum Gasteiger partial charge on any atom is 0.226 e. The molecule has 1 aliphatic heterocycles. The average Bonchev–Trinajstić information content (AvgIpc) is 3.09. The van der Waals surface area contributed by atoms with Crippen molar-refractivity contribution in [2.24, 2.45) is 5.41 Å². The first-order valence-electron chi connectivity index (χ1n) is 8.48. The largest absolute Gasteiger partial charge is 0.377 e. The van der Waals surface area contributed by atoms with E-state index in [9.17, 15) is 4.79 Å². The molecule has 1 saturated heterocycles.